The topological polar surface area (TPSA) is 4.41 Å². The van der Waals surface area contributed by atoms with Gasteiger partial charge in [-0.05, 0) is 30.7 Å². The first kappa shape index (κ1) is 11.0. The molecule has 0 radical (unpaired) electrons. The fourth-order valence-electron chi connectivity index (χ4n) is 1.79. The smallest absolute Gasteiger partial charge is 0.320 e. The summed E-state index contributed by atoms with van der Waals surface area (Å²) >= 11 is 0. The number of hydrogen-bond donors (Lipinski definition) is 0. The Kier molecular flexibility index (Phi) is 2.66. The first-order valence-corrected chi connectivity index (χ1v) is 5.19. The Balaban J connectivity index is 2.54. The first-order chi connectivity index (χ1) is 7.52. The zero-order valence-corrected chi connectivity index (χ0v) is 8.88. The number of pyridine rings is 1. The average molecular weight is 227 g/mol. The van der Waals surface area contributed by atoms with Crippen molar-refractivity contribution in [2.24, 2.45) is 0 Å². The molecule has 86 valence electrons. The molecule has 16 heavy (non-hydrogen) atoms. The third kappa shape index (κ3) is 1.92. The lowest BCUT2D eigenvalue weighted by atomic mass is 10.2. The summed E-state index contributed by atoms with van der Waals surface area (Å²) in [6.07, 6.45) is -1.40. The van der Waals surface area contributed by atoms with Crippen LogP contribution in [0.25, 0.3) is 5.52 Å². The van der Waals surface area contributed by atoms with E-state index in [0.717, 1.165) is 30.1 Å². The summed E-state index contributed by atoms with van der Waals surface area (Å²) in [5, 5.41) is 0. The van der Waals surface area contributed by atoms with Gasteiger partial charge in [0, 0.05) is 17.4 Å². The molecule has 4 heteroatoms. The van der Waals surface area contributed by atoms with Crippen LogP contribution in [-0.2, 0) is 12.6 Å². The maximum atomic E-state index is 12.5. The van der Waals surface area contributed by atoms with E-state index in [1.54, 1.807) is 4.40 Å². The standard InChI is InChI=1S/C12H12F3N/c1-2-3-10-6-7-11-5-4-9(8-16(10)11)12(13,14)15/h4-8H,2-3H2,1H3. The Morgan fingerprint density at radius 2 is 1.81 bits per heavy atom. The maximum Gasteiger partial charge on any atom is 0.417 e. The molecule has 2 rings (SSSR count). The lowest BCUT2D eigenvalue weighted by Crippen LogP contribution is -2.06. The number of rotatable bonds is 2. The van der Waals surface area contributed by atoms with Crippen LogP contribution in [0.4, 0.5) is 13.2 Å². The van der Waals surface area contributed by atoms with Gasteiger partial charge in [0.15, 0.2) is 0 Å². The van der Waals surface area contributed by atoms with Crippen LogP contribution in [0.15, 0.2) is 30.5 Å². The van der Waals surface area contributed by atoms with E-state index in [4.69, 9.17) is 0 Å². The van der Waals surface area contributed by atoms with Crippen molar-refractivity contribution < 1.29 is 13.2 Å². The Morgan fingerprint density at radius 1 is 1.12 bits per heavy atom. The van der Waals surface area contributed by atoms with E-state index in [2.05, 4.69) is 0 Å². The Labute approximate surface area is 91.5 Å². The molecule has 0 N–H and O–H groups in total. The highest BCUT2D eigenvalue weighted by molar-refractivity contribution is 5.50. The minimum Gasteiger partial charge on any atom is -0.320 e. The second kappa shape index (κ2) is 3.85. The van der Waals surface area contributed by atoms with Crippen LogP contribution < -0.4 is 0 Å². The average Bonchev–Trinajstić information content (AvgIpc) is 2.60. The number of halogens is 3. The largest absolute Gasteiger partial charge is 0.417 e. The molecule has 0 fully saturated rings. The molecule has 0 atom stereocenters. The highest BCUT2D eigenvalue weighted by Gasteiger charge is 2.30. The van der Waals surface area contributed by atoms with Gasteiger partial charge in [-0.25, -0.2) is 0 Å². The second-order valence-corrected chi connectivity index (χ2v) is 3.79. The molecular weight excluding hydrogens is 215 g/mol. The lowest BCUT2D eigenvalue weighted by Gasteiger charge is -2.08. The molecule has 2 aromatic rings. The molecule has 0 aromatic carbocycles. The van der Waals surface area contributed by atoms with Crippen LogP contribution in [0.2, 0.25) is 0 Å². The summed E-state index contributed by atoms with van der Waals surface area (Å²) in [7, 11) is 0. The van der Waals surface area contributed by atoms with E-state index in [0.29, 0.717) is 0 Å². The van der Waals surface area contributed by atoms with E-state index in [1.807, 2.05) is 19.1 Å². The molecule has 2 heterocycles. The van der Waals surface area contributed by atoms with E-state index < -0.39 is 11.7 Å². The van der Waals surface area contributed by atoms with Crippen LogP contribution in [0, 0.1) is 0 Å². The summed E-state index contributed by atoms with van der Waals surface area (Å²) in [5.74, 6) is 0. The van der Waals surface area contributed by atoms with E-state index in [1.165, 1.54) is 12.3 Å². The molecule has 0 aliphatic heterocycles. The molecule has 0 aliphatic carbocycles. The van der Waals surface area contributed by atoms with Crippen molar-refractivity contribution >= 4 is 5.52 Å². The summed E-state index contributed by atoms with van der Waals surface area (Å²) in [5.41, 5.74) is 1.12. The fraction of sp³-hybridized carbons (Fsp3) is 0.333. The number of hydrogen-bond acceptors (Lipinski definition) is 0. The number of aromatic nitrogens is 1. The minimum atomic E-state index is -4.28. The summed E-state index contributed by atoms with van der Waals surface area (Å²) in [6.45, 7) is 2.01. The van der Waals surface area contributed by atoms with Gasteiger partial charge in [-0.2, -0.15) is 13.2 Å². The normalized spacial score (nSPS) is 12.2. The van der Waals surface area contributed by atoms with Crippen molar-refractivity contribution in [3.05, 3.63) is 41.7 Å². The van der Waals surface area contributed by atoms with Crippen LogP contribution in [0.3, 0.4) is 0 Å². The number of aryl methyl sites for hydroxylation is 1. The molecule has 2 aromatic heterocycles. The van der Waals surface area contributed by atoms with Crippen molar-refractivity contribution in [3.8, 4) is 0 Å². The van der Waals surface area contributed by atoms with Crippen LogP contribution in [0.5, 0.6) is 0 Å². The van der Waals surface area contributed by atoms with Crippen LogP contribution in [0.1, 0.15) is 24.6 Å². The van der Waals surface area contributed by atoms with Crippen molar-refractivity contribution in [1.29, 1.82) is 0 Å². The Hall–Kier alpha value is -1.45. The van der Waals surface area contributed by atoms with Gasteiger partial charge < -0.3 is 4.40 Å². The number of fused-ring (bicyclic) bond motifs is 1. The lowest BCUT2D eigenvalue weighted by molar-refractivity contribution is -0.137. The SMILES string of the molecule is CCCc1ccc2ccc(C(F)(F)F)cn12. The van der Waals surface area contributed by atoms with Crippen LogP contribution >= 0.6 is 0 Å². The zero-order chi connectivity index (χ0) is 11.8. The predicted octanol–water partition coefficient (Wildman–Crippen LogP) is 3.91. The third-order valence-corrected chi connectivity index (χ3v) is 2.57. The van der Waals surface area contributed by atoms with Gasteiger partial charge in [0.05, 0.1) is 5.56 Å². The molecule has 0 amide bonds. The summed E-state index contributed by atoms with van der Waals surface area (Å²) in [4.78, 5) is 0. The maximum absolute atomic E-state index is 12.5. The van der Waals surface area contributed by atoms with Gasteiger partial charge in [-0.15, -0.1) is 0 Å². The number of alkyl halides is 3. The summed E-state index contributed by atoms with van der Waals surface area (Å²) in [6, 6.07) is 6.33. The van der Waals surface area contributed by atoms with Gasteiger partial charge in [0.2, 0.25) is 0 Å². The molecule has 0 saturated heterocycles. The van der Waals surface area contributed by atoms with Crippen LogP contribution in [-0.4, -0.2) is 4.40 Å². The predicted molar refractivity (Wildman–Crippen MR) is 56.4 cm³/mol. The molecular formula is C12H12F3N. The van der Waals surface area contributed by atoms with E-state index >= 15 is 0 Å². The van der Waals surface area contributed by atoms with Gasteiger partial charge in [0.25, 0.3) is 0 Å². The molecule has 0 spiro atoms. The van der Waals surface area contributed by atoms with Gasteiger partial charge in [-0.3, -0.25) is 0 Å². The van der Waals surface area contributed by atoms with Crippen molar-refractivity contribution in [1.82, 2.24) is 4.40 Å². The van der Waals surface area contributed by atoms with Crippen molar-refractivity contribution in [3.63, 3.8) is 0 Å². The quantitative estimate of drug-likeness (QED) is 0.732. The third-order valence-electron chi connectivity index (χ3n) is 2.57. The van der Waals surface area contributed by atoms with E-state index in [9.17, 15) is 13.2 Å². The Morgan fingerprint density at radius 3 is 2.44 bits per heavy atom. The Bertz CT molecular complexity index is 496. The first-order valence-electron chi connectivity index (χ1n) is 5.19. The van der Waals surface area contributed by atoms with Crippen molar-refractivity contribution in [2.45, 2.75) is 25.9 Å². The van der Waals surface area contributed by atoms with Gasteiger partial charge >= 0.3 is 6.18 Å². The van der Waals surface area contributed by atoms with Gasteiger partial charge in [0.1, 0.15) is 0 Å². The van der Waals surface area contributed by atoms with Crippen molar-refractivity contribution in [2.75, 3.05) is 0 Å². The van der Waals surface area contributed by atoms with Gasteiger partial charge in [-0.1, -0.05) is 13.3 Å². The second-order valence-electron chi connectivity index (χ2n) is 3.79. The minimum absolute atomic E-state index is 0.603. The molecule has 0 unspecified atom stereocenters. The zero-order valence-electron chi connectivity index (χ0n) is 8.88. The van der Waals surface area contributed by atoms with E-state index in [-0.39, 0.29) is 0 Å². The highest BCUT2D eigenvalue weighted by atomic mass is 19.4. The highest BCUT2D eigenvalue weighted by Crippen LogP contribution is 2.29. The molecule has 0 saturated carbocycles. The molecule has 1 nitrogen and oxygen atoms in total. The molecule has 0 aliphatic rings. The fourth-order valence-corrected chi connectivity index (χ4v) is 1.79. The molecule has 0 bridgehead atoms. The number of nitrogens with zero attached hydrogens (tertiary/aromatic N) is 1. The monoisotopic (exact) mass is 227 g/mol. The summed E-state index contributed by atoms with van der Waals surface area (Å²) < 4.78 is 39.2.